The third-order valence-electron chi connectivity index (χ3n) is 3.99. The van der Waals surface area contributed by atoms with Crippen LogP contribution in [-0.4, -0.2) is 31.0 Å². The maximum atomic E-state index is 5.86. The lowest BCUT2D eigenvalue weighted by Gasteiger charge is -2.23. The van der Waals surface area contributed by atoms with Crippen LogP contribution in [0.4, 0.5) is 0 Å². The Morgan fingerprint density at radius 2 is 2.24 bits per heavy atom. The Morgan fingerprint density at radius 3 is 2.82 bits per heavy atom. The summed E-state index contributed by atoms with van der Waals surface area (Å²) >= 11 is 0. The Hall–Kier alpha value is -0.160. The van der Waals surface area contributed by atoms with E-state index in [4.69, 9.17) is 15.3 Å². The highest BCUT2D eigenvalue weighted by Gasteiger charge is 2.28. The van der Waals surface area contributed by atoms with Crippen molar-refractivity contribution in [1.82, 2.24) is 5.43 Å². The lowest BCUT2D eigenvalue weighted by molar-refractivity contribution is 0.0280. The summed E-state index contributed by atoms with van der Waals surface area (Å²) in [5.41, 5.74) is 2.92. The predicted octanol–water partition coefficient (Wildman–Crippen LogP) is 1.74. The molecule has 2 rings (SSSR count). The van der Waals surface area contributed by atoms with Gasteiger partial charge in [0.1, 0.15) is 0 Å². The molecule has 0 radical (unpaired) electrons. The van der Waals surface area contributed by atoms with Gasteiger partial charge in [0, 0.05) is 12.6 Å². The molecule has 2 aliphatic heterocycles. The van der Waals surface area contributed by atoms with Crippen LogP contribution in [0.3, 0.4) is 0 Å². The van der Waals surface area contributed by atoms with Gasteiger partial charge in [0.25, 0.3) is 0 Å². The molecule has 0 amide bonds. The van der Waals surface area contributed by atoms with Crippen LogP contribution in [0.25, 0.3) is 0 Å². The largest absolute Gasteiger partial charge is 0.378 e. The van der Waals surface area contributed by atoms with Crippen molar-refractivity contribution in [2.24, 2.45) is 5.84 Å². The van der Waals surface area contributed by atoms with Crippen molar-refractivity contribution in [1.29, 1.82) is 0 Å². The second-order valence-electron chi connectivity index (χ2n) is 5.40. The molecule has 0 aromatic carbocycles. The van der Waals surface area contributed by atoms with Crippen LogP contribution >= 0.6 is 0 Å². The first kappa shape index (κ1) is 13.3. The molecule has 0 aromatic rings. The summed E-state index contributed by atoms with van der Waals surface area (Å²) in [7, 11) is 0. The Balaban J connectivity index is 1.64. The number of hydrazine groups is 1. The standard InChI is InChI=1S/C13H26N2O2/c1-10-7-8-13(17-10)12(15-14)6-2-4-11-5-3-9-16-11/h10-13,15H,2-9,14H2,1H3. The summed E-state index contributed by atoms with van der Waals surface area (Å²) in [5.74, 6) is 5.63. The van der Waals surface area contributed by atoms with Gasteiger partial charge in [0.05, 0.1) is 18.3 Å². The fourth-order valence-corrected chi connectivity index (χ4v) is 2.94. The zero-order chi connectivity index (χ0) is 12.1. The van der Waals surface area contributed by atoms with Crippen molar-refractivity contribution in [3.63, 3.8) is 0 Å². The van der Waals surface area contributed by atoms with Gasteiger partial charge in [-0.05, 0) is 51.9 Å². The summed E-state index contributed by atoms with van der Waals surface area (Å²) < 4.78 is 11.5. The molecule has 17 heavy (non-hydrogen) atoms. The van der Waals surface area contributed by atoms with Gasteiger partial charge >= 0.3 is 0 Å². The maximum absolute atomic E-state index is 5.86. The first-order chi connectivity index (χ1) is 8.29. The van der Waals surface area contributed by atoms with Crippen molar-refractivity contribution in [2.75, 3.05) is 6.61 Å². The first-order valence-electron chi connectivity index (χ1n) is 7.03. The van der Waals surface area contributed by atoms with E-state index in [9.17, 15) is 0 Å². The van der Waals surface area contributed by atoms with E-state index in [1.165, 1.54) is 25.7 Å². The van der Waals surface area contributed by atoms with E-state index in [2.05, 4.69) is 12.3 Å². The van der Waals surface area contributed by atoms with E-state index < -0.39 is 0 Å². The minimum atomic E-state index is 0.305. The summed E-state index contributed by atoms with van der Waals surface area (Å²) in [6.45, 7) is 3.09. The van der Waals surface area contributed by atoms with Crippen LogP contribution in [0.5, 0.6) is 0 Å². The lowest BCUT2D eigenvalue weighted by atomic mass is 10.00. The van der Waals surface area contributed by atoms with Gasteiger partial charge in [-0.15, -0.1) is 0 Å². The molecule has 4 unspecified atom stereocenters. The Labute approximate surface area is 104 Å². The van der Waals surface area contributed by atoms with E-state index in [1.807, 2.05) is 0 Å². The summed E-state index contributed by atoms with van der Waals surface area (Å²) in [6, 6.07) is 0.307. The van der Waals surface area contributed by atoms with Gasteiger partial charge in [-0.25, -0.2) is 0 Å². The van der Waals surface area contributed by atoms with Gasteiger partial charge in [-0.2, -0.15) is 0 Å². The second-order valence-corrected chi connectivity index (χ2v) is 5.40. The van der Waals surface area contributed by atoms with Crippen molar-refractivity contribution in [3.05, 3.63) is 0 Å². The van der Waals surface area contributed by atoms with Crippen LogP contribution in [-0.2, 0) is 9.47 Å². The molecule has 2 aliphatic rings. The third kappa shape index (κ3) is 3.91. The molecule has 4 nitrogen and oxygen atoms in total. The van der Waals surface area contributed by atoms with Gasteiger partial charge in [-0.3, -0.25) is 11.3 Å². The summed E-state index contributed by atoms with van der Waals surface area (Å²) in [6.07, 6.45) is 9.39. The van der Waals surface area contributed by atoms with Crippen molar-refractivity contribution < 1.29 is 9.47 Å². The zero-order valence-corrected chi connectivity index (χ0v) is 10.9. The number of ether oxygens (including phenoxy) is 2. The normalized spacial score (nSPS) is 35.3. The highest BCUT2D eigenvalue weighted by molar-refractivity contribution is 4.81. The monoisotopic (exact) mass is 242 g/mol. The molecule has 0 aromatic heterocycles. The average molecular weight is 242 g/mol. The molecule has 3 N–H and O–H groups in total. The quantitative estimate of drug-likeness (QED) is 0.550. The first-order valence-corrected chi connectivity index (χ1v) is 7.03. The van der Waals surface area contributed by atoms with E-state index in [-0.39, 0.29) is 0 Å². The van der Waals surface area contributed by atoms with Crippen LogP contribution < -0.4 is 11.3 Å². The summed E-state index contributed by atoms with van der Waals surface area (Å²) in [5, 5.41) is 0. The smallest absolute Gasteiger partial charge is 0.0746 e. The highest BCUT2D eigenvalue weighted by atomic mass is 16.5. The molecule has 4 atom stereocenters. The number of hydrogen-bond acceptors (Lipinski definition) is 4. The van der Waals surface area contributed by atoms with Crippen molar-refractivity contribution >= 4 is 0 Å². The van der Waals surface area contributed by atoms with Crippen molar-refractivity contribution in [3.8, 4) is 0 Å². The van der Waals surface area contributed by atoms with Crippen LogP contribution in [0.15, 0.2) is 0 Å². The minimum Gasteiger partial charge on any atom is -0.378 e. The minimum absolute atomic E-state index is 0.305. The molecular formula is C13H26N2O2. The fourth-order valence-electron chi connectivity index (χ4n) is 2.94. The number of nitrogens with one attached hydrogen (secondary N) is 1. The van der Waals surface area contributed by atoms with Gasteiger partial charge in [0.2, 0.25) is 0 Å². The zero-order valence-electron chi connectivity index (χ0n) is 10.9. The van der Waals surface area contributed by atoms with Crippen LogP contribution in [0.1, 0.15) is 51.9 Å². The molecular weight excluding hydrogens is 216 g/mol. The molecule has 0 spiro atoms. The molecule has 0 bridgehead atoms. The van der Waals surface area contributed by atoms with E-state index in [0.29, 0.717) is 24.4 Å². The summed E-state index contributed by atoms with van der Waals surface area (Å²) in [4.78, 5) is 0. The molecule has 4 heteroatoms. The van der Waals surface area contributed by atoms with Gasteiger partial charge < -0.3 is 9.47 Å². The van der Waals surface area contributed by atoms with Gasteiger partial charge in [0.15, 0.2) is 0 Å². The fraction of sp³-hybridized carbons (Fsp3) is 1.00. The predicted molar refractivity (Wildman–Crippen MR) is 67.5 cm³/mol. The van der Waals surface area contributed by atoms with Crippen LogP contribution in [0, 0.1) is 0 Å². The van der Waals surface area contributed by atoms with Gasteiger partial charge in [-0.1, -0.05) is 0 Å². The maximum Gasteiger partial charge on any atom is 0.0746 e. The SMILES string of the molecule is CC1CCC(C(CCCC2CCCO2)NN)O1. The number of hydrogen-bond donors (Lipinski definition) is 2. The van der Waals surface area contributed by atoms with E-state index in [1.54, 1.807) is 0 Å². The Bertz CT molecular complexity index is 219. The van der Waals surface area contributed by atoms with Crippen molar-refractivity contribution in [2.45, 2.75) is 76.2 Å². The average Bonchev–Trinajstić information content (AvgIpc) is 2.96. The molecule has 2 heterocycles. The molecule has 100 valence electrons. The highest BCUT2D eigenvalue weighted by Crippen LogP contribution is 2.25. The van der Waals surface area contributed by atoms with E-state index >= 15 is 0 Å². The Kier molecular flexibility index (Phi) is 5.22. The third-order valence-corrected chi connectivity index (χ3v) is 3.99. The Morgan fingerprint density at radius 1 is 1.35 bits per heavy atom. The van der Waals surface area contributed by atoms with Crippen LogP contribution in [0.2, 0.25) is 0 Å². The molecule has 0 aliphatic carbocycles. The molecule has 2 fully saturated rings. The number of nitrogens with two attached hydrogens (primary N) is 1. The van der Waals surface area contributed by atoms with E-state index in [0.717, 1.165) is 25.9 Å². The molecule has 0 saturated carbocycles. The lowest BCUT2D eigenvalue weighted by Crippen LogP contribution is -2.44. The molecule has 2 saturated heterocycles. The second kappa shape index (κ2) is 6.69. The topological polar surface area (TPSA) is 56.5 Å². The number of rotatable bonds is 6.